The lowest BCUT2D eigenvalue weighted by Crippen LogP contribution is -2.14. The zero-order valence-corrected chi connectivity index (χ0v) is 17.2. The molecule has 0 aliphatic carbocycles. The molecule has 0 unspecified atom stereocenters. The molecular formula is C21H20F2N6O. The van der Waals surface area contributed by atoms with Crippen LogP contribution >= 0.6 is 0 Å². The summed E-state index contributed by atoms with van der Waals surface area (Å²) in [7, 11) is 3.57. The van der Waals surface area contributed by atoms with Crippen LogP contribution in [0.4, 0.5) is 14.5 Å². The Morgan fingerprint density at radius 3 is 2.37 bits per heavy atom. The number of pyridine rings is 1. The van der Waals surface area contributed by atoms with Crippen LogP contribution in [0.3, 0.4) is 0 Å². The summed E-state index contributed by atoms with van der Waals surface area (Å²) in [5.41, 5.74) is 4.18. The highest BCUT2D eigenvalue weighted by atomic mass is 19.1. The van der Waals surface area contributed by atoms with Crippen molar-refractivity contribution in [1.82, 2.24) is 24.5 Å². The van der Waals surface area contributed by atoms with Crippen molar-refractivity contribution in [3.8, 4) is 11.3 Å². The number of amides is 1. The first-order valence-electron chi connectivity index (χ1n) is 9.28. The third-order valence-electron chi connectivity index (χ3n) is 5.16. The van der Waals surface area contributed by atoms with Gasteiger partial charge >= 0.3 is 0 Å². The van der Waals surface area contributed by atoms with Crippen LogP contribution in [0.15, 0.2) is 24.3 Å². The van der Waals surface area contributed by atoms with Crippen LogP contribution in [-0.2, 0) is 14.1 Å². The van der Waals surface area contributed by atoms with Crippen LogP contribution in [0.1, 0.15) is 27.4 Å². The zero-order chi connectivity index (χ0) is 21.7. The number of fused-ring (bicyclic) bond motifs is 1. The van der Waals surface area contributed by atoms with E-state index in [1.165, 1.54) is 0 Å². The Morgan fingerprint density at radius 1 is 1.00 bits per heavy atom. The van der Waals surface area contributed by atoms with E-state index in [9.17, 15) is 13.6 Å². The SMILES string of the molecule is Cc1nn(C)c(C)c1-c1cc(C(=O)Nc2cc(F)ccc2F)c2c(C)nn(C)c2n1. The number of aryl methyl sites for hydroxylation is 4. The zero-order valence-electron chi connectivity index (χ0n) is 17.2. The van der Waals surface area contributed by atoms with Crippen molar-refractivity contribution in [2.75, 3.05) is 5.32 Å². The van der Waals surface area contributed by atoms with Gasteiger partial charge in [0.05, 0.1) is 33.7 Å². The highest BCUT2D eigenvalue weighted by molar-refractivity contribution is 6.13. The Balaban J connectivity index is 1.92. The molecule has 3 heterocycles. The van der Waals surface area contributed by atoms with Gasteiger partial charge in [0.25, 0.3) is 5.91 Å². The minimum absolute atomic E-state index is 0.234. The van der Waals surface area contributed by atoms with Gasteiger partial charge in [0.1, 0.15) is 11.6 Å². The van der Waals surface area contributed by atoms with Crippen LogP contribution < -0.4 is 5.32 Å². The van der Waals surface area contributed by atoms with E-state index in [0.29, 0.717) is 22.4 Å². The van der Waals surface area contributed by atoms with Crippen LogP contribution in [0, 0.1) is 32.4 Å². The fraction of sp³-hybridized carbons (Fsp3) is 0.238. The molecule has 4 aromatic rings. The lowest BCUT2D eigenvalue weighted by molar-refractivity contribution is 0.102. The van der Waals surface area contributed by atoms with Gasteiger partial charge < -0.3 is 5.32 Å². The number of hydrogen-bond donors (Lipinski definition) is 1. The van der Waals surface area contributed by atoms with Gasteiger partial charge in [-0.05, 0) is 39.0 Å². The molecule has 0 atom stereocenters. The van der Waals surface area contributed by atoms with Crippen molar-refractivity contribution in [2.24, 2.45) is 14.1 Å². The number of nitrogens with zero attached hydrogens (tertiary/aromatic N) is 5. The first-order valence-corrected chi connectivity index (χ1v) is 9.28. The van der Waals surface area contributed by atoms with Crippen LogP contribution in [-0.4, -0.2) is 30.5 Å². The number of rotatable bonds is 3. The molecule has 9 heteroatoms. The molecule has 0 spiro atoms. The largest absolute Gasteiger partial charge is 0.319 e. The molecule has 3 aromatic heterocycles. The van der Waals surface area contributed by atoms with E-state index in [2.05, 4.69) is 15.5 Å². The van der Waals surface area contributed by atoms with Gasteiger partial charge in [0, 0.05) is 31.4 Å². The Bertz CT molecular complexity index is 1320. The van der Waals surface area contributed by atoms with Crippen molar-refractivity contribution in [3.63, 3.8) is 0 Å². The van der Waals surface area contributed by atoms with Crippen molar-refractivity contribution < 1.29 is 13.6 Å². The van der Waals surface area contributed by atoms with E-state index in [-0.39, 0.29) is 11.3 Å². The minimum Gasteiger partial charge on any atom is -0.319 e. The summed E-state index contributed by atoms with van der Waals surface area (Å²) in [5, 5.41) is 11.8. The van der Waals surface area contributed by atoms with Gasteiger partial charge in [0.15, 0.2) is 5.65 Å². The summed E-state index contributed by atoms with van der Waals surface area (Å²) >= 11 is 0. The van der Waals surface area contributed by atoms with Gasteiger partial charge in [-0.1, -0.05) is 0 Å². The number of carbonyl (C=O) groups is 1. The lowest BCUT2D eigenvalue weighted by Gasteiger charge is -2.10. The van der Waals surface area contributed by atoms with Crippen LogP contribution in [0.2, 0.25) is 0 Å². The molecule has 0 saturated carbocycles. The number of aromatic nitrogens is 5. The first kappa shape index (κ1) is 19.7. The second kappa shape index (κ2) is 7.01. The van der Waals surface area contributed by atoms with E-state index in [4.69, 9.17) is 4.98 Å². The second-order valence-corrected chi connectivity index (χ2v) is 7.21. The quantitative estimate of drug-likeness (QED) is 0.557. The minimum atomic E-state index is -0.725. The molecule has 0 fully saturated rings. The Hall–Kier alpha value is -3.62. The maximum atomic E-state index is 14.1. The molecule has 1 aromatic carbocycles. The molecule has 0 aliphatic heterocycles. The van der Waals surface area contributed by atoms with Gasteiger partial charge in [-0.2, -0.15) is 10.2 Å². The van der Waals surface area contributed by atoms with Crippen molar-refractivity contribution in [3.05, 3.63) is 58.5 Å². The first-order chi connectivity index (χ1) is 14.2. The van der Waals surface area contributed by atoms with Crippen LogP contribution in [0.25, 0.3) is 22.3 Å². The second-order valence-electron chi connectivity index (χ2n) is 7.21. The molecule has 0 saturated heterocycles. The predicted molar refractivity (Wildman–Crippen MR) is 109 cm³/mol. The summed E-state index contributed by atoms with van der Waals surface area (Å²) in [6.07, 6.45) is 0. The monoisotopic (exact) mass is 410 g/mol. The molecule has 1 amide bonds. The third kappa shape index (κ3) is 3.12. The highest BCUT2D eigenvalue weighted by Gasteiger charge is 2.22. The molecule has 0 radical (unpaired) electrons. The van der Waals surface area contributed by atoms with E-state index >= 15 is 0 Å². The van der Waals surface area contributed by atoms with Gasteiger partial charge in [-0.3, -0.25) is 14.2 Å². The fourth-order valence-corrected chi connectivity index (χ4v) is 3.68. The molecule has 1 N–H and O–H groups in total. The molecule has 154 valence electrons. The number of nitrogens with one attached hydrogen (secondary N) is 1. The van der Waals surface area contributed by atoms with E-state index in [1.54, 1.807) is 29.4 Å². The number of carbonyl (C=O) groups excluding carboxylic acids is 1. The Labute approximate surface area is 171 Å². The van der Waals surface area contributed by atoms with Gasteiger partial charge in [-0.15, -0.1) is 0 Å². The van der Waals surface area contributed by atoms with Crippen molar-refractivity contribution in [2.45, 2.75) is 20.8 Å². The number of halogens is 2. The number of hydrogen-bond acceptors (Lipinski definition) is 4. The van der Waals surface area contributed by atoms with Crippen molar-refractivity contribution in [1.29, 1.82) is 0 Å². The van der Waals surface area contributed by atoms with Gasteiger partial charge in [0.2, 0.25) is 0 Å². The maximum absolute atomic E-state index is 14.1. The summed E-state index contributed by atoms with van der Waals surface area (Å²) in [5.74, 6) is -1.95. The predicted octanol–water partition coefficient (Wildman–Crippen LogP) is 3.82. The van der Waals surface area contributed by atoms with E-state index in [0.717, 1.165) is 35.2 Å². The molecule has 30 heavy (non-hydrogen) atoms. The Kier molecular flexibility index (Phi) is 4.60. The molecule has 4 rings (SSSR count). The van der Waals surface area contributed by atoms with Crippen molar-refractivity contribution >= 4 is 22.6 Å². The van der Waals surface area contributed by atoms with Gasteiger partial charge in [-0.25, -0.2) is 13.8 Å². The normalized spacial score (nSPS) is 11.3. The summed E-state index contributed by atoms with van der Waals surface area (Å²) in [6, 6.07) is 4.54. The smallest absolute Gasteiger partial charge is 0.256 e. The topological polar surface area (TPSA) is 77.6 Å². The lowest BCUT2D eigenvalue weighted by atomic mass is 10.0. The summed E-state index contributed by atoms with van der Waals surface area (Å²) in [6.45, 7) is 5.55. The molecule has 0 aliphatic rings. The fourth-order valence-electron chi connectivity index (χ4n) is 3.68. The summed E-state index contributed by atoms with van der Waals surface area (Å²) < 4.78 is 31.0. The Morgan fingerprint density at radius 2 is 1.70 bits per heavy atom. The number of anilines is 1. The van der Waals surface area contributed by atoms with E-state index < -0.39 is 17.5 Å². The molecule has 7 nitrogen and oxygen atoms in total. The van der Waals surface area contributed by atoms with Crippen LogP contribution in [0.5, 0.6) is 0 Å². The molecule has 0 bridgehead atoms. The standard InChI is InChI=1S/C21H20F2N6O/c1-10-18(12(3)28(4)26-10)17-9-14(19-11(2)27-29(5)20(19)24-17)21(30)25-16-8-13(22)6-7-15(16)23/h6-9H,1-5H3,(H,25,30). The van der Waals surface area contributed by atoms with E-state index in [1.807, 2.05) is 20.9 Å². The maximum Gasteiger partial charge on any atom is 0.256 e. The number of benzene rings is 1. The average molecular weight is 410 g/mol. The third-order valence-corrected chi connectivity index (χ3v) is 5.16. The average Bonchev–Trinajstić information content (AvgIpc) is 3.11. The molecular weight excluding hydrogens is 390 g/mol. The highest BCUT2D eigenvalue weighted by Crippen LogP contribution is 2.31. The summed E-state index contributed by atoms with van der Waals surface area (Å²) in [4.78, 5) is 17.8.